The molecule has 0 radical (unpaired) electrons. The van der Waals surface area contributed by atoms with Crippen molar-refractivity contribution < 1.29 is 19.1 Å². The first-order chi connectivity index (χ1) is 12.8. The molecule has 2 amide bonds. The Labute approximate surface area is 163 Å². The van der Waals surface area contributed by atoms with Crippen molar-refractivity contribution in [3.05, 3.63) is 64.2 Å². The second-order valence-electron chi connectivity index (χ2n) is 6.15. The van der Waals surface area contributed by atoms with Crippen LogP contribution in [0.4, 0.5) is 5.69 Å². The van der Waals surface area contributed by atoms with Gasteiger partial charge in [-0.15, -0.1) is 0 Å². The molecule has 27 heavy (non-hydrogen) atoms. The van der Waals surface area contributed by atoms with Gasteiger partial charge in [-0.3, -0.25) is 9.59 Å². The van der Waals surface area contributed by atoms with Crippen LogP contribution in [0.15, 0.2) is 42.5 Å². The Balaban J connectivity index is 1.85. The van der Waals surface area contributed by atoms with E-state index in [1.165, 1.54) is 24.1 Å². The molecule has 0 heterocycles. The van der Waals surface area contributed by atoms with Crippen LogP contribution in [-0.4, -0.2) is 42.9 Å². The highest BCUT2D eigenvalue weighted by molar-refractivity contribution is 6.30. The molecule has 0 saturated carbocycles. The molecule has 2 aromatic carbocycles. The molecule has 0 bridgehead atoms. The molecular formula is C20H21ClN2O4. The fourth-order valence-corrected chi connectivity index (χ4v) is 2.53. The number of hydrogen-bond donors (Lipinski definition) is 1. The second kappa shape index (κ2) is 9.19. The lowest BCUT2D eigenvalue weighted by Crippen LogP contribution is -2.37. The molecule has 0 unspecified atom stereocenters. The Morgan fingerprint density at radius 2 is 1.63 bits per heavy atom. The van der Waals surface area contributed by atoms with Gasteiger partial charge >= 0.3 is 5.97 Å². The number of anilines is 1. The molecule has 0 atom stereocenters. The fraction of sp³-hybridized carbons (Fsp3) is 0.250. The lowest BCUT2D eigenvalue weighted by Gasteiger charge is -2.18. The quantitative estimate of drug-likeness (QED) is 0.771. The molecular weight excluding hydrogens is 368 g/mol. The highest BCUT2D eigenvalue weighted by Gasteiger charge is 2.17. The van der Waals surface area contributed by atoms with Gasteiger partial charge in [-0.25, -0.2) is 4.79 Å². The third kappa shape index (κ3) is 5.82. The monoisotopic (exact) mass is 388 g/mol. The van der Waals surface area contributed by atoms with Gasteiger partial charge in [0.1, 0.15) is 0 Å². The molecule has 0 spiro atoms. The molecule has 142 valence electrons. The van der Waals surface area contributed by atoms with Crippen molar-refractivity contribution >= 4 is 35.1 Å². The molecule has 0 saturated heterocycles. The van der Waals surface area contributed by atoms with Crippen LogP contribution in [0.3, 0.4) is 0 Å². The van der Waals surface area contributed by atoms with Crippen molar-refractivity contribution in [1.29, 1.82) is 0 Å². The summed E-state index contributed by atoms with van der Waals surface area (Å²) in [4.78, 5) is 37.4. The lowest BCUT2D eigenvalue weighted by atomic mass is 10.1. The maximum absolute atomic E-state index is 12.2. The standard InChI is InChI=1S/C20H21ClN2O4/c1-13-5-4-6-14(2)19(13)22-17(24)11-23(3)18(25)12-27-20(26)15-7-9-16(21)10-8-15/h4-10H,11-12H2,1-3H3,(H,22,24). The largest absolute Gasteiger partial charge is 0.452 e. The number of benzene rings is 2. The number of para-hydroxylation sites is 1. The number of nitrogens with one attached hydrogen (secondary N) is 1. The van der Waals surface area contributed by atoms with Crippen LogP contribution in [0.5, 0.6) is 0 Å². The number of likely N-dealkylation sites (N-methyl/N-ethyl adjacent to an activating group) is 1. The van der Waals surface area contributed by atoms with Crippen molar-refractivity contribution in [1.82, 2.24) is 4.90 Å². The normalized spacial score (nSPS) is 10.2. The Hall–Kier alpha value is -2.86. The highest BCUT2D eigenvalue weighted by atomic mass is 35.5. The first kappa shape index (κ1) is 20.5. The summed E-state index contributed by atoms with van der Waals surface area (Å²) in [6.45, 7) is 3.20. The summed E-state index contributed by atoms with van der Waals surface area (Å²) in [7, 11) is 1.47. The van der Waals surface area contributed by atoms with E-state index < -0.39 is 18.5 Å². The first-order valence-electron chi connectivity index (χ1n) is 8.30. The average Bonchev–Trinajstić information content (AvgIpc) is 2.63. The minimum Gasteiger partial charge on any atom is -0.452 e. The van der Waals surface area contributed by atoms with E-state index in [1.807, 2.05) is 32.0 Å². The maximum atomic E-state index is 12.2. The van der Waals surface area contributed by atoms with E-state index in [4.69, 9.17) is 16.3 Å². The van der Waals surface area contributed by atoms with Crippen LogP contribution in [0.2, 0.25) is 5.02 Å². The van der Waals surface area contributed by atoms with E-state index >= 15 is 0 Å². The molecule has 7 heteroatoms. The van der Waals surface area contributed by atoms with Gasteiger partial charge < -0.3 is 15.0 Å². The van der Waals surface area contributed by atoms with Gasteiger partial charge in [0.25, 0.3) is 5.91 Å². The van der Waals surface area contributed by atoms with E-state index in [-0.39, 0.29) is 12.5 Å². The molecule has 0 aliphatic rings. The number of nitrogens with zero attached hydrogens (tertiary/aromatic N) is 1. The van der Waals surface area contributed by atoms with E-state index in [2.05, 4.69) is 5.32 Å². The van der Waals surface area contributed by atoms with Crippen LogP contribution in [-0.2, 0) is 14.3 Å². The zero-order valence-corrected chi connectivity index (χ0v) is 16.2. The molecule has 0 aliphatic carbocycles. The summed E-state index contributed by atoms with van der Waals surface area (Å²) in [5.74, 6) is -1.44. The van der Waals surface area contributed by atoms with E-state index in [0.717, 1.165) is 16.8 Å². The van der Waals surface area contributed by atoms with Gasteiger partial charge in [0.15, 0.2) is 6.61 Å². The summed E-state index contributed by atoms with van der Waals surface area (Å²) in [5, 5.41) is 3.30. The SMILES string of the molecule is Cc1cccc(C)c1NC(=O)CN(C)C(=O)COC(=O)c1ccc(Cl)cc1. The number of esters is 1. The third-order valence-electron chi connectivity index (χ3n) is 3.96. The van der Waals surface area contributed by atoms with Crippen LogP contribution in [0, 0.1) is 13.8 Å². The third-order valence-corrected chi connectivity index (χ3v) is 4.21. The molecule has 2 aromatic rings. The first-order valence-corrected chi connectivity index (χ1v) is 8.68. The zero-order chi connectivity index (χ0) is 20.0. The number of carbonyl (C=O) groups is 3. The van der Waals surface area contributed by atoms with Gasteiger partial charge in [0.2, 0.25) is 5.91 Å². The van der Waals surface area contributed by atoms with Gasteiger partial charge in [-0.05, 0) is 49.2 Å². The minimum absolute atomic E-state index is 0.148. The minimum atomic E-state index is -0.631. The molecule has 2 rings (SSSR count). The Morgan fingerprint density at radius 3 is 2.22 bits per heavy atom. The number of rotatable bonds is 6. The Morgan fingerprint density at radius 1 is 1.04 bits per heavy atom. The van der Waals surface area contributed by atoms with Crippen LogP contribution in [0.1, 0.15) is 21.5 Å². The molecule has 6 nitrogen and oxygen atoms in total. The van der Waals surface area contributed by atoms with Crippen molar-refractivity contribution in [2.24, 2.45) is 0 Å². The van der Waals surface area contributed by atoms with Crippen LogP contribution >= 0.6 is 11.6 Å². The topological polar surface area (TPSA) is 75.7 Å². The summed E-state index contributed by atoms with van der Waals surface area (Å²) in [5.41, 5.74) is 2.91. The van der Waals surface area contributed by atoms with Gasteiger partial charge in [0.05, 0.1) is 12.1 Å². The summed E-state index contributed by atoms with van der Waals surface area (Å²) >= 11 is 5.76. The van der Waals surface area contributed by atoms with Crippen molar-refractivity contribution in [2.45, 2.75) is 13.8 Å². The molecule has 0 fully saturated rings. The lowest BCUT2D eigenvalue weighted by molar-refractivity contribution is -0.136. The number of aryl methyl sites for hydroxylation is 2. The predicted octanol–water partition coefficient (Wildman–Crippen LogP) is 3.21. The molecule has 0 aliphatic heterocycles. The van der Waals surface area contributed by atoms with Gasteiger partial charge in [-0.1, -0.05) is 29.8 Å². The van der Waals surface area contributed by atoms with Crippen molar-refractivity contribution in [3.8, 4) is 0 Å². The predicted molar refractivity (Wildman–Crippen MR) is 104 cm³/mol. The molecule has 1 N–H and O–H groups in total. The number of carbonyl (C=O) groups excluding carboxylic acids is 3. The van der Waals surface area contributed by atoms with E-state index in [0.29, 0.717) is 10.6 Å². The number of hydrogen-bond acceptors (Lipinski definition) is 4. The summed E-state index contributed by atoms with van der Waals surface area (Å²) in [6, 6.07) is 11.8. The van der Waals surface area contributed by atoms with Crippen LogP contribution < -0.4 is 5.32 Å². The molecule has 0 aromatic heterocycles. The summed E-state index contributed by atoms with van der Waals surface area (Å²) in [6.07, 6.45) is 0. The van der Waals surface area contributed by atoms with Gasteiger partial charge in [-0.2, -0.15) is 0 Å². The maximum Gasteiger partial charge on any atom is 0.338 e. The average molecular weight is 389 g/mol. The van der Waals surface area contributed by atoms with E-state index in [1.54, 1.807) is 12.1 Å². The number of amides is 2. The Bertz CT molecular complexity index is 829. The van der Waals surface area contributed by atoms with Gasteiger partial charge in [0, 0.05) is 17.8 Å². The Kier molecular flexibility index (Phi) is 6.96. The fourth-order valence-electron chi connectivity index (χ4n) is 2.40. The number of ether oxygens (including phenoxy) is 1. The second-order valence-corrected chi connectivity index (χ2v) is 6.58. The summed E-state index contributed by atoms with van der Waals surface area (Å²) < 4.78 is 4.98. The van der Waals surface area contributed by atoms with Crippen LogP contribution in [0.25, 0.3) is 0 Å². The zero-order valence-electron chi connectivity index (χ0n) is 15.4. The smallest absolute Gasteiger partial charge is 0.338 e. The van der Waals surface area contributed by atoms with E-state index in [9.17, 15) is 14.4 Å². The number of halogens is 1. The van der Waals surface area contributed by atoms with Crippen molar-refractivity contribution in [3.63, 3.8) is 0 Å². The highest BCUT2D eigenvalue weighted by Crippen LogP contribution is 2.19. The van der Waals surface area contributed by atoms with Crippen molar-refractivity contribution in [2.75, 3.05) is 25.5 Å².